The van der Waals surface area contributed by atoms with Crippen molar-refractivity contribution in [2.24, 2.45) is 7.05 Å². The van der Waals surface area contributed by atoms with Gasteiger partial charge in [0.1, 0.15) is 18.0 Å². The molecule has 17 heavy (non-hydrogen) atoms. The monoisotopic (exact) mass is 234 g/mol. The van der Waals surface area contributed by atoms with Crippen molar-refractivity contribution in [1.82, 2.24) is 20.1 Å². The van der Waals surface area contributed by atoms with Gasteiger partial charge in [-0.3, -0.25) is 0 Å². The van der Waals surface area contributed by atoms with Gasteiger partial charge < -0.3 is 9.88 Å². The third kappa shape index (κ3) is 2.88. The van der Waals surface area contributed by atoms with E-state index >= 15 is 0 Å². The Bertz CT molecular complexity index is 495. The molecule has 0 radical (unpaired) electrons. The first kappa shape index (κ1) is 11.7. The Labute approximate surface area is 99.5 Å². The number of aryl methyl sites for hydroxylation is 1. The SMILES string of the molecule is CC(NCc1nncn1C)c1cccc(F)c1. The molecule has 2 aromatic rings. The van der Waals surface area contributed by atoms with Crippen molar-refractivity contribution in [3.05, 3.63) is 47.8 Å². The zero-order valence-corrected chi connectivity index (χ0v) is 9.89. The van der Waals surface area contributed by atoms with Crippen molar-refractivity contribution in [2.45, 2.75) is 19.5 Å². The van der Waals surface area contributed by atoms with Crippen LogP contribution in [0, 0.1) is 5.82 Å². The average molecular weight is 234 g/mol. The highest BCUT2D eigenvalue weighted by Crippen LogP contribution is 2.13. The van der Waals surface area contributed by atoms with Crippen molar-refractivity contribution in [1.29, 1.82) is 0 Å². The molecule has 0 saturated carbocycles. The van der Waals surface area contributed by atoms with Gasteiger partial charge in [0, 0.05) is 13.1 Å². The summed E-state index contributed by atoms with van der Waals surface area (Å²) in [6.07, 6.45) is 1.66. The predicted molar refractivity (Wildman–Crippen MR) is 62.7 cm³/mol. The van der Waals surface area contributed by atoms with Gasteiger partial charge in [0.25, 0.3) is 0 Å². The molecule has 0 saturated heterocycles. The Morgan fingerprint density at radius 2 is 2.29 bits per heavy atom. The molecule has 1 unspecified atom stereocenters. The Kier molecular flexibility index (Phi) is 3.49. The first-order valence-electron chi connectivity index (χ1n) is 5.48. The highest BCUT2D eigenvalue weighted by atomic mass is 19.1. The summed E-state index contributed by atoms with van der Waals surface area (Å²) in [5, 5.41) is 11.1. The van der Waals surface area contributed by atoms with Gasteiger partial charge in [-0.2, -0.15) is 0 Å². The lowest BCUT2D eigenvalue weighted by molar-refractivity contribution is 0.542. The lowest BCUT2D eigenvalue weighted by Crippen LogP contribution is -2.20. The number of rotatable bonds is 4. The van der Waals surface area contributed by atoms with E-state index < -0.39 is 0 Å². The van der Waals surface area contributed by atoms with Gasteiger partial charge in [-0.1, -0.05) is 12.1 Å². The maximum Gasteiger partial charge on any atom is 0.146 e. The minimum absolute atomic E-state index is 0.0717. The molecule has 1 N–H and O–H groups in total. The van der Waals surface area contributed by atoms with Crippen molar-refractivity contribution < 1.29 is 4.39 Å². The molecule has 4 nitrogen and oxygen atoms in total. The fourth-order valence-corrected chi connectivity index (χ4v) is 1.61. The molecule has 0 spiro atoms. The largest absolute Gasteiger partial charge is 0.320 e. The van der Waals surface area contributed by atoms with Crippen LogP contribution in [-0.4, -0.2) is 14.8 Å². The molecule has 0 amide bonds. The first-order valence-corrected chi connectivity index (χ1v) is 5.48. The normalized spacial score (nSPS) is 12.6. The maximum absolute atomic E-state index is 13.1. The smallest absolute Gasteiger partial charge is 0.146 e. The summed E-state index contributed by atoms with van der Waals surface area (Å²) >= 11 is 0. The first-order chi connectivity index (χ1) is 8.16. The minimum atomic E-state index is -0.213. The third-order valence-corrected chi connectivity index (χ3v) is 2.72. The molecule has 0 aliphatic carbocycles. The zero-order valence-electron chi connectivity index (χ0n) is 9.89. The summed E-state index contributed by atoms with van der Waals surface area (Å²) in [5.74, 6) is 0.642. The number of hydrogen-bond donors (Lipinski definition) is 1. The fraction of sp³-hybridized carbons (Fsp3) is 0.333. The Hall–Kier alpha value is -1.75. The van der Waals surface area contributed by atoms with E-state index in [-0.39, 0.29) is 11.9 Å². The van der Waals surface area contributed by atoms with Gasteiger partial charge in [-0.05, 0) is 24.6 Å². The number of aromatic nitrogens is 3. The van der Waals surface area contributed by atoms with Crippen LogP contribution in [0.3, 0.4) is 0 Å². The van der Waals surface area contributed by atoms with Crippen molar-refractivity contribution >= 4 is 0 Å². The molecule has 1 aromatic heterocycles. The van der Waals surface area contributed by atoms with Crippen LogP contribution in [0.5, 0.6) is 0 Å². The van der Waals surface area contributed by atoms with E-state index in [2.05, 4.69) is 15.5 Å². The van der Waals surface area contributed by atoms with E-state index in [0.29, 0.717) is 6.54 Å². The molecule has 0 bridgehead atoms. The summed E-state index contributed by atoms with van der Waals surface area (Å²) in [5.41, 5.74) is 0.923. The Morgan fingerprint density at radius 3 is 2.94 bits per heavy atom. The zero-order chi connectivity index (χ0) is 12.3. The van der Waals surface area contributed by atoms with E-state index in [9.17, 15) is 4.39 Å². The Morgan fingerprint density at radius 1 is 1.47 bits per heavy atom. The molecule has 2 rings (SSSR count). The second-order valence-corrected chi connectivity index (χ2v) is 4.02. The number of nitrogens with one attached hydrogen (secondary N) is 1. The van der Waals surface area contributed by atoms with Gasteiger partial charge in [0.15, 0.2) is 0 Å². The maximum atomic E-state index is 13.1. The van der Waals surface area contributed by atoms with E-state index in [0.717, 1.165) is 11.4 Å². The van der Waals surface area contributed by atoms with Crippen molar-refractivity contribution in [2.75, 3.05) is 0 Å². The van der Waals surface area contributed by atoms with Crippen LogP contribution in [-0.2, 0) is 13.6 Å². The van der Waals surface area contributed by atoms with Crippen LogP contribution in [0.25, 0.3) is 0 Å². The second kappa shape index (κ2) is 5.05. The van der Waals surface area contributed by atoms with Crippen LogP contribution in [0.15, 0.2) is 30.6 Å². The summed E-state index contributed by atoms with van der Waals surface area (Å²) in [6, 6.07) is 6.66. The summed E-state index contributed by atoms with van der Waals surface area (Å²) in [6.45, 7) is 2.60. The van der Waals surface area contributed by atoms with Gasteiger partial charge in [-0.15, -0.1) is 10.2 Å². The highest BCUT2D eigenvalue weighted by molar-refractivity contribution is 5.19. The quantitative estimate of drug-likeness (QED) is 0.877. The lowest BCUT2D eigenvalue weighted by Gasteiger charge is -2.13. The van der Waals surface area contributed by atoms with Gasteiger partial charge in [0.2, 0.25) is 0 Å². The second-order valence-electron chi connectivity index (χ2n) is 4.02. The van der Waals surface area contributed by atoms with Gasteiger partial charge >= 0.3 is 0 Å². The molecule has 1 atom stereocenters. The highest BCUT2D eigenvalue weighted by Gasteiger charge is 2.07. The van der Waals surface area contributed by atoms with Crippen LogP contribution >= 0.6 is 0 Å². The van der Waals surface area contributed by atoms with Crippen molar-refractivity contribution in [3.8, 4) is 0 Å². The predicted octanol–water partition coefficient (Wildman–Crippen LogP) is 1.80. The topological polar surface area (TPSA) is 42.7 Å². The van der Waals surface area contributed by atoms with Gasteiger partial charge in [0.05, 0.1) is 6.54 Å². The molecule has 0 fully saturated rings. The molecule has 0 aliphatic rings. The fourth-order valence-electron chi connectivity index (χ4n) is 1.61. The number of halogens is 1. The molecular weight excluding hydrogens is 219 g/mol. The van der Waals surface area contributed by atoms with Gasteiger partial charge in [-0.25, -0.2) is 4.39 Å². The average Bonchev–Trinajstić information content (AvgIpc) is 2.72. The molecule has 1 heterocycles. The van der Waals surface area contributed by atoms with Crippen LogP contribution < -0.4 is 5.32 Å². The summed E-state index contributed by atoms with van der Waals surface area (Å²) < 4.78 is 14.9. The van der Waals surface area contributed by atoms with Crippen LogP contribution in [0.4, 0.5) is 4.39 Å². The standard InChI is InChI=1S/C12H15FN4/c1-9(10-4-3-5-11(13)6-10)14-7-12-16-15-8-17(12)2/h3-6,8-9,14H,7H2,1-2H3. The van der Waals surface area contributed by atoms with E-state index in [1.807, 2.05) is 24.6 Å². The molecular formula is C12H15FN4. The van der Waals surface area contributed by atoms with E-state index in [1.54, 1.807) is 12.4 Å². The Balaban J connectivity index is 1.98. The number of hydrogen-bond acceptors (Lipinski definition) is 3. The lowest BCUT2D eigenvalue weighted by atomic mass is 10.1. The summed E-state index contributed by atoms with van der Waals surface area (Å²) in [7, 11) is 1.89. The summed E-state index contributed by atoms with van der Waals surface area (Å²) in [4.78, 5) is 0. The molecule has 0 aliphatic heterocycles. The van der Waals surface area contributed by atoms with E-state index in [4.69, 9.17) is 0 Å². The van der Waals surface area contributed by atoms with Crippen LogP contribution in [0.1, 0.15) is 24.4 Å². The minimum Gasteiger partial charge on any atom is -0.320 e. The molecule has 5 heteroatoms. The number of nitrogens with zero attached hydrogens (tertiary/aromatic N) is 3. The van der Waals surface area contributed by atoms with E-state index in [1.165, 1.54) is 12.1 Å². The number of benzene rings is 1. The third-order valence-electron chi connectivity index (χ3n) is 2.72. The van der Waals surface area contributed by atoms with Crippen molar-refractivity contribution in [3.63, 3.8) is 0 Å². The van der Waals surface area contributed by atoms with Crippen LogP contribution in [0.2, 0.25) is 0 Å². The molecule has 90 valence electrons. The molecule has 1 aromatic carbocycles.